The molecule has 164 valence electrons. The van der Waals surface area contributed by atoms with Crippen LogP contribution < -0.4 is 16.0 Å². The summed E-state index contributed by atoms with van der Waals surface area (Å²) in [6.45, 7) is 0. The van der Waals surface area contributed by atoms with Gasteiger partial charge < -0.3 is 9.72 Å². The lowest BCUT2D eigenvalue weighted by atomic mass is 10.2. The molecule has 0 saturated carbocycles. The largest absolute Gasteiger partial charge is 0.497 e. The number of aromatic nitrogens is 4. The number of aromatic amines is 1. The Kier molecular flexibility index (Phi) is 5.69. The van der Waals surface area contributed by atoms with Crippen molar-refractivity contribution in [2.45, 2.75) is 0 Å². The van der Waals surface area contributed by atoms with Crippen molar-refractivity contribution >= 4 is 34.5 Å². The zero-order valence-corrected chi connectivity index (χ0v) is 18.1. The number of aryl methyl sites for hydroxylation is 1. The summed E-state index contributed by atoms with van der Waals surface area (Å²) in [4.78, 5) is 40.6. The zero-order valence-electron chi connectivity index (χ0n) is 18.1. The van der Waals surface area contributed by atoms with Crippen molar-refractivity contribution in [1.82, 2.24) is 19.1 Å². The monoisotopic (exact) mass is 441 g/mol. The zero-order chi connectivity index (χ0) is 23.5. The molecule has 1 N–H and O–H groups in total. The molecule has 0 unspecified atom stereocenters. The lowest BCUT2D eigenvalue weighted by Crippen LogP contribution is -2.36. The fraction of sp³-hybridized carbons (Fsp3) is 0.130. The summed E-state index contributed by atoms with van der Waals surface area (Å²) in [6.07, 6.45) is 1.68. The molecule has 0 fully saturated rings. The maximum atomic E-state index is 12.4. The molecule has 0 saturated heterocycles. The molecule has 4 aromatic rings. The average molecular weight is 441 g/mol. The molecule has 0 aliphatic heterocycles. The topological polar surface area (TPSA) is 130 Å². The first-order valence-electron chi connectivity index (χ1n) is 9.85. The fourth-order valence-corrected chi connectivity index (χ4v) is 3.19. The standard InChI is InChI=1S/C23H19N7O3/c1-29-21-19(22(31)30(2)23(29)32)27-20(28-21)18(12-24)26-17-7-5-4-6-16(17)25-13-14-8-10-15(33-3)11-9-14/h4-11,13H,1-3H3,(H,27,28). The average Bonchev–Trinajstić information content (AvgIpc) is 3.30. The normalized spacial score (nSPS) is 11.8. The molecule has 33 heavy (non-hydrogen) atoms. The van der Waals surface area contributed by atoms with Gasteiger partial charge in [0.2, 0.25) is 0 Å². The van der Waals surface area contributed by atoms with Crippen molar-refractivity contribution in [3.8, 4) is 11.8 Å². The van der Waals surface area contributed by atoms with Gasteiger partial charge in [0.25, 0.3) is 5.56 Å². The second-order valence-corrected chi connectivity index (χ2v) is 7.08. The molecule has 0 bridgehead atoms. The number of H-pyrrole nitrogens is 1. The van der Waals surface area contributed by atoms with E-state index in [2.05, 4.69) is 20.0 Å². The summed E-state index contributed by atoms with van der Waals surface area (Å²) >= 11 is 0. The van der Waals surface area contributed by atoms with E-state index in [-0.39, 0.29) is 22.7 Å². The van der Waals surface area contributed by atoms with E-state index < -0.39 is 11.2 Å². The van der Waals surface area contributed by atoms with Crippen molar-refractivity contribution in [3.63, 3.8) is 0 Å². The first-order valence-corrected chi connectivity index (χ1v) is 9.85. The van der Waals surface area contributed by atoms with Gasteiger partial charge in [-0.3, -0.25) is 18.9 Å². The highest BCUT2D eigenvalue weighted by Crippen LogP contribution is 2.28. The molecule has 2 heterocycles. The van der Waals surface area contributed by atoms with Crippen LogP contribution in [0.5, 0.6) is 5.75 Å². The Bertz CT molecular complexity index is 1570. The molecule has 0 amide bonds. The van der Waals surface area contributed by atoms with Crippen LogP contribution in [0.15, 0.2) is 68.1 Å². The minimum Gasteiger partial charge on any atom is -0.497 e. The van der Waals surface area contributed by atoms with E-state index in [0.29, 0.717) is 11.4 Å². The van der Waals surface area contributed by atoms with Gasteiger partial charge in [0.1, 0.15) is 17.3 Å². The first kappa shape index (κ1) is 21.5. The Morgan fingerprint density at radius 3 is 2.45 bits per heavy atom. The number of ether oxygens (including phenoxy) is 1. The van der Waals surface area contributed by atoms with Gasteiger partial charge in [0.15, 0.2) is 17.2 Å². The summed E-state index contributed by atoms with van der Waals surface area (Å²) in [5, 5.41) is 9.72. The van der Waals surface area contributed by atoms with Crippen LogP contribution in [0.2, 0.25) is 0 Å². The second-order valence-electron chi connectivity index (χ2n) is 7.08. The van der Waals surface area contributed by atoms with Crippen LogP contribution in [0.25, 0.3) is 11.2 Å². The lowest BCUT2D eigenvalue weighted by molar-refractivity contribution is 0.415. The van der Waals surface area contributed by atoms with E-state index in [0.717, 1.165) is 15.9 Å². The number of nitrogens with zero attached hydrogens (tertiary/aromatic N) is 6. The predicted octanol–water partition coefficient (Wildman–Crippen LogP) is 2.36. The minimum absolute atomic E-state index is 0.0483. The Morgan fingerprint density at radius 1 is 1.09 bits per heavy atom. The Hall–Kier alpha value is -4.78. The van der Waals surface area contributed by atoms with E-state index in [1.165, 1.54) is 18.7 Å². The molecular weight excluding hydrogens is 422 g/mol. The summed E-state index contributed by atoms with van der Waals surface area (Å²) in [5.41, 5.74) is 1.02. The predicted molar refractivity (Wildman–Crippen MR) is 125 cm³/mol. The number of benzene rings is 2. The van der Waals surface area contributed by atoms with Gasteiger partial charge in [-0.15, -0.1) is 0 Å². The number of nitriles is 1. The van der Waals surface area contributed by atoms with Crippen LogP contribution in [0, 0.1) is 11.3 Å². The van der Waals surface area contributed by atoms with Gasteiger partial charge in [0, 0.05) is 20.3 Å². The summed E-state index contributed by atoms with van der Waals surface area (Å²) in [7, 11) is 4.48. The quantitative estimate of drug-likeness (QED) is 0.475. The highest BCUT2D eigenvalue weighted by atomic mass is 16.5. The second kappa shape index (κ2) is 8.76. The third-order valence-electron chi connectivity index (χ3n) is 5.01. The van der Waals surface area contributed by atoms with Crippen LogP contribution in [-0.4, -0.2) is 38.1 Å². The van der Waals surface area contributed by atoms with E-state index in [1.807, 2.05) is 36.4 Å². The van der Waals surface area contributed by atoms with Crippen LogP contribution in [0.3, 0.4) is 0 Å². The molecule has 10 nitrogen and oxygen atoms in total. The SMILES string of the molecule is COc1ccc(C=Nc2ccccc2N=C(C#N)c2nc3c([nH]2)c(=O)n(C)c(=O)n3C)cc1. The number of para-hydroxylation sites is 2. The maximum Gasteiger partial charge on any atom is 0.332 e. The Balaban J connectivity index is 1.75. The highest BCUT2D eigenvalue weighted by molar-refractivity contribution is 6.11. The number of rotatable bonds is 5. The van der Waals surface area contributed by atoms with Gasteiger partial charge in [0.05, 0.1) is 18.5 Å². The van der Waals surface area contributed by atoms with Gasteiger partial charge in [-0.1, -0.05) is 12.1 Å². The maximum absolute atomic E-state index is 12.4. The highest BCUT2D eigenvalue weighted by Gasteiger charge is 2.17. The first-order chi connectivity index (χ1) is 15.9. The number of nitrogens with one attached hydrogen (secondary N) is 1. The summed E-state index contributed by atoms with van der Waals surface area (Å²) in [6, 6.07) is 16.5. The van der Waals surface area contributed by atoms with Gasteiger partial charge >= 0.3 is 5.69 Å². The van der Waals surface area contributed by atoms with Crippen molar-refractivity contribution in [2.24, 2.45) is 24.1 Å². The molecule has 10 heteroatoms. The smallest absolute Gasteiger partial charge is 0.332 e. The Labute approximate surface area is 187 Å². The number of hydrogen-bond donors (Lipinski definition) is 1. The molecular formula is C23H19N7O3. The molecule has 2 aromatic carbocycles. The molecule has 0 atom stereocenters. The third kappa shape index (κ3) is 4.07. The molecule has 4 rings (SSSR count). The Morgan fingerprint density at radius 2 is 1.79 bits per heavy atom. The van der Waals surface area contributed by atoms with Crippen molar-refractivity contribution in [2.75, 3.05) is 7.11 Å². The molecule has 0 radical (unpaired) electrons. The summed E-state index contributed by atoms with van der Waals surface area (Å²) in [5.74, 6) is 0.828. The molecule has 0 aliphatic carbocycles. The number of hydrogen-bond acceptors (Lipinski definition) is 7. The van der Waals surface area contributed by atoms with E-state index >= 15 is 0 Å². The van der Waals surface area contributed by atoms with Crippen molar-refractivity contribution < 1.29 is 4.74 Å². The van der Waals surface area contributed by atoms with Gasteiger partial charge in [-0.2, -0.15) is 5.26 Å². The molecule has 0 spiro atoms. The number of imidazole rings is 1. The number of aliphatic imine (C=N–C) groups is 2. The lowest BCUT2D eigenvalue weighted by Gasteiger charge is -2.02. The third-order valence-corrected chi connectivity index (χ3v) is 5.01. The number of methoxy groups -OCH3 is 1. The van der Waals surface area contributed by atoms with Crippen LogP contribution >= 0.6 is 0 Å². The van der Waals surface area contributed by atoms with Gasteiger partial charge in [-0.25, -0.2) is 14.8 Å². The number of fused-ring (bicyclic) bond motifs is 1. The van der Waals surface area contributed by atoms with E-state index in [4.69, 9.17) is 4.74 Å². The summed E-state index contributed by atoms with van der Waals surface area (Å²) < 4.78 is 7.36. The van der Waals surface area contributed by atoms with Crippen molar-refractivity contribution in [3.05, 3.63) is 80.8 Å². The minimum atomic E-state index is -0.534. The van der Waals surface area contributed by atoms with E-state index in [1.54, 1.807) is 31.5 Å². The van der Waals surface area contributed by atoms with Crippen LogP contribution in [0.1, 0.15) is 11.4 Å². The van der Waals surface area contributed by atoms with Crippen LogP contribution in [0.4, 0.5) is 11.4 Å². The fourth-order valence-electron chi connectivity index (χ4n) is 3.19. The molecule has 2 aromatic heterocycles. The van der Waals surface area contributed by atoms with Crippen molar-refractivity contribution in [1.29, 1.82) is 5.26 Å². The van der Waals surface area contributed by atoms with Crippen LogP contribution in [-0.2, 0) is 14.1 Å². The molecule has 0 aliphatic rings. The van der Waals surface area contributed by atoms with E-state index in [9.17, 15) is 14.9 Å². The van der Waals surface area contributed by atoms with Gasteiger partial charge in [-0.05, 0) is 42.0 Å².